The van der Waals surface area contributed by atoms with Crippen molar-refractivity contribution in [1.29, 1.82) is 0 Å². The Morgan fingerprint density at radius 3 is 2.48 bits per heavy atom. The van der Waals surface area contributed by atoms with Gasteiger partial charge in [-0.15, -0.1) is 11.3 Å². The molecule has 0 bridgehead atoms. The van der Waals surface area contributed by atoms with Crippen molar-refractivity contribution in [1.82, 2.24) is 4.90 Å². The molecule has 112 valence electrons. The monoisotopic (exact) mass is 321 g/mol. The van der Waals surface area contributed by atoms with Crippen LogP contribution in [-0.4, -0.2) is 24.3 Å². The number of likely N-dealkylation sites (N-methyl/N-ethyl adjacent to an activating group) is 1. The van der Waals surface area contributed by atoms with Crippen LogP contribution < -0.4 is 0 Å². The summed E-state index contributed by atoms with van der Waals surface area (Å²) in [6.45, 7) is 4.63. The third kappa shape index (κ3) is 4.16. The summed E-state index contributed by atoms with van der Waals surface area (Å²) < 4.78 is 0. The van der Waals surface area contributed by atoms with Gasteiger partial charge >= 0.3 is 0 Å². The predicted molar refractivity (Wildman–Crippen MR) is 90.5 cm³/mol. The van der Waals surface area contributed by atoms with Crippen LogP contribution in [0.1, 0.15) is 40.0 Å². The van der Waals surface area contributed by atoms with E-state index in [1.807, 2.05) is 43.4 Å². The first-order valence-corrected chi connectivity index (χ1v) is 8.28. The summed E-state index contributed by atoms with van der Waals surface area (Å²) >= 11 is 7.51. The molecule has 0 spiro atoms. The van der Waals surface area contributed by atoms with E-state index >= 15 is 0 Å². The predicted octanol–water partition coefficient (Wildman–Crippen LogP) is 4.84. The van der Waals surface area contributed by atoms with E-state index in [0.717, 1.165) is 21.9 Å². The van der Waals surface area contributed by atoms with E-state index in [2.05, 4.69) is 18.7 Å². The minimum atomic E-state index is 0.178. The van der Waals surface area contributed by atoms with E-state index in [-0.39, 0.29) is 11.8 Å². The molecule has 2 aromatic rings. The summed E-state index contributed by atoms with van der Waals surface area (Å²) in [5, 5.41) is 0.732. The zero-order valence-corrected chi connectivity index (χ0v) is 14.2. The molecule has 0 aliphatic carbocycles. The molecule has 1 atom stereocenters. The minimum absolute atomic E-state index is 0.178. The summed E-state index contributed by atoms with van der Waals surface area (Å²) in [4.78, 5) is 16.5. The van der Waals surface area contributed by atoms with Crippen LogP contribution in [0.5, 0.6) is 0 Å². The number of hydrogen-bond donors (Lipinski definition) is 0. The highest BCUT2D eigenvalue weighted by Gasteiger charge is 2.17. The number of thiophene rings is 1. The van der Waals surface area contributed by atoms with Gasteiger partial charge in [0.15, 0.2) is 5.78 Å². The Hall–Kier alpha value is -1.16. The average molecular weight is 322 g/mol. The molecule has 2 rings (SSSR count). The second-order valence-electron chi connectivity index (χ2n) is 5.19. The number of carbonyl (C=O) groups is 1. The van der Waals surface area contributed by atoms with Crippen molar-refractivity contribution in [3.05, 3.63) is 56.7 Å². The van der Waals surface area contributed by atoms with Gasteiger partial charge in [-0.2, -0.15) is 0 Å². The first kappa shape index (κ1) is 16.2. The third-order valence-electron chi connectivity index (χ3n) is 3.69. The molecule has 2 nitrogen and oxygen atoms in total. The van der Waals surface area contributed by atoms with Crippen molar-refractivity contribution in [2.75, 3.05) is 13.6 Å². The van der Waals surface area contributed by atoms with Gasteiger partial charge in [0.1, 0.15) is 0 Å². The Bertz CT molecular complexity index is 606. The first-order valence-electron chi connectivity index (χ1n) is 7.09. The van der Waals surface area contributed by atoms with E-state index in [9.17, 15) is 4.79 Å². The summed E-state index contributed by atoms with van der Waals surface area (Å²) in [5.41, 5.74) is 1.16. The van der Waals surface area contributed by atoms with Gasteiger partial charge < -0.3 is 0 Å². The van der Waals surface area contributed by atoms with Crippen LogP contribution in [0.25, 0.3) is 0 Å². The second-order valence-corrected chi connectivity index (χ2v) is 6.79. The Balaban J connectivity index is 2.01. The van der Waals surface area contributed by atoms with E-state index in [1.165, 1.54) is 4.88 Å². The number of hydrogen-bond acceptors (Lipinski definition) is 3. The van der Waals surface area contributed by atoms with Crippen LogP contribution in [0.15, 0.2) is 36.4 Å². The highest BCUT2D eigenvalue weighted by molar-refractivity contribution is 7.14. The van der Waals surface area contributed by atoms with E-state index in [4.69, 9.17) is 11.6 Å². The van der Waals surface area contributed by atoms with Gasteiger partial charge in [0, 0.05) is 15.9 Å². The number of Topliss-reactive ketones (excluding diaryl/α,β-unsaturated/α-hetero) is 1. The van der Waals surface area contributed by atoms with Crippen molar-refractivity contribution in [3.63, 3.8) is 0 Å². The smallest absolute Gasteiger partial charge is 0.186 e. The molecular weight excluding hydrogens is 302 g/mol. The SMILES string of the molecule is CCc1ccc(C(=O)CN(C)C(C)c2ccc(Cl)cc2)s1. The quantitative estimate of drug-likeness (QED) is 0.709. The number of benzene rings is 1. The van der Waals surface area contributed by atoms with E-state index < -0.39 is 0 Å². The molecule has 0 N–H and O–H groups in total. The average Bonchev–Trinajstić information content (AvgIpc) is 2.96. The van der Waals surface area contributed by atoms with Crippen molar-refractivity contribution < 1.29 is 4.79 Å². The molecule has 1 aromatic carbocycles. The lowest BCUT2D eigenvalue weighted by atomic mass is 10.1. The molecule has 21 heavy (non-hydrogen) atoms. The summed E-state index contributed by atoms with van der Waals surface area (Å²) in [6.07, 6.45) is 0.981. The topological polar surface area (TPSA) is 20.3 Å². The van der Waals surface area contributed by atoms with Crippen molar-refractivity contribution in [2.45, 2.75) is 26.3 Å². The normalized spacial score (nSPS) is 12.6. The lowest BCUT2D eigenvalue weighted by Crippen LogP contribution is -2.28. The van der Waals surface area contributed by atoms with Gasteiger partial charge in [0.05, 0.1) is 11.4 Å². The molecule has 1 heterocycles. The van der Waals surface area contributed by atoms with Gasteiger partial charge in [-0.05, 0) is 50.2 Å². The Morgan fingerprint density at radius 1 is 1.24 bits per heavy atom. The second kappa shape index (κ2) is 7.21. The molecule has 4 heteroatoms. The van der Waals surface area contributed by atoms with Crippen LogP contribution in [0.4, 0.5) is 0 Å². The number of rotatable bonds is 6. The molecule has 0 aliphatic heterocycles. The summed E-state index contributed by atoms with van der Waals surface area (Å²) in [7, 11) is 1.98. The molecule has 0 saturated heterocycles. The summed E-state index contributed by atoms with van der Waals surface area (Å²) in [6, 6.07) is 11.9. The number of ketones is 1. The number of carbonyl (C=O) groups excluding carboxylic acids is 1. The standard InChI is InChI=1S/C17H20ClNOS/c1-4-15-9-10-17(21-15)16(20)11-19(3)12(2)13-5-7-14(18)8-6-13/h5-10,12H,4,11H2,1-3H3. The van der Waals surface area contributed by atoms with Gasteiger partial charge in [-0.1, -0.05) is 30.7 Å². The molecule has 0 saturated carbocycles. The molecule has 0 aliphatic rings. The Morgan fingerprint density at radius 2 is 1.90 bits per heavy atom. The van der Waals surface area contributed by atoms with Crippen LogP contribution in [0, 0.1) is 0 Å². The molecule has 0 radical (unpaired) electrons. The lowest BCUT2D eigenvalue weighted by Gasteiger charge is -2.24. The highest BCUT2D eigenvalue weighted by atomic mass is 35.5. The molecule has 0 fully saturated rings. The number of nitrogens with zero attached hydrogens (tertiary/aromatic N) is 1. The Kier molecular flexibility index (Phi) is 5.57. The van der Waals surface area contributed by atoms with Crippen LogP contribution in [0.2, 0.25) is 5.02 Å². The summed E-state index contributed by atoms with van der Waals surface area (Å²) in [5.74, 6) is 0.183. The van der Waals surface area contributed by atoms with Crippen LogP contribution >= 0.6 is 22.9 Å². The largest absolute Gasteiger partial charge is 0.292 e. The fourth-order valence-electron chi connectivity index (χ4n) is 2.15. The van der Waals surface area contributed by atoms with Gasteiger partial charge in [0.2, 0.25) is 0 Å². The maximum atomic E-state index is 12.3. The highest BCUT2D eigenvalue weighted by Crippen LogP contribution is 2.22. The fraction of sp³-hybridized carbons (Fsp3) is 0.353. The third-order valence-corrected chi connectivity index (χ3v) is 5.21. The zero-order chi connectivity index (χ0) is 15.4. The minimum Gasteiger partial charge on any atom is -0.292 e. The number of halogens is 1. The molecule has 1 aromatic heterocycles. The maximum Gasteiger partial charge on any atom is 0.186 e. The van der Waals surface area contributed by atoms with Crippen LogP contribution in [-0.2, 0) is 6.42 Å². The molecular formula is C17H20ClNOS. The molecule has 0 amide bonds. The van der Waals surface area contributed by atoms with Gasteiger partial charge in [0.25, 0.3) is 0 Å². The zero-order valence-electron chi connectivity index (χ0n) is 12.6. The van der Waals surface area contributed by atoms with Crippen molar-refractivity contribution in [2.24, 2.45) is 0 Å². The Labute approximate surface area is 135 Å². The van der Waals surface area contributed by atoms with Crippen LogP contribution in [0.3, 0.4) is 0 Å². The maximum absolute atomic E-state index is 12.3. The van der Waals surface area contributed by atoms with E-state index in [0.29, 0.717) is 6.54 Å². The fourth-order valence-corrected chi connectivity index (χ4v) is 3.16. The van der Waals surface area contributed by atoms with Gasteiger partial charge in [-0.25, -0.2) is 0 Å². The van der Waals surface area contributed by atoms with E-state index in [1.54, 1.807) is 11.3 Å². The van der Waals surface area contributed by atoms with Crippen molar-refractivity contribution >= 4 is 28.7 Å². The van der Waals surface area contributed by atoms with Gasteiger partial charge in [-0.3, -0.25) is 9.69 Å². The van der Waals surface area contributed by atoms with Crippen molar-refractivity contribution in [3.8, 4) is 0 Å². The lowest BCUT2D eigenvalue weighted by molar-refractivity contribution is 0.0929. The first-order chi connectivity index (χ1) is 10.0. The molecule has 1 unspecified atom stereocenters. The number of aryl methyl sites for hydroxylation is 1.